The van der Waals surface area contributed by atoms with Gasteiger partial charge in [-0.15, -0.1) is 0 Å². The molecule has 0 spiro atoms. The molecule has 1 rings (SSSR count). The van der Waals surface area contributed by atoms with Crippen molar-refractivity contribution in [2.24, 2.45) is 0 Å². The summed E-state index contributed by atoms with van der Waals surface area (Å²) in [5.41, 5.74) is -0.0258. The Balaban J connectivity index is 2.82. The van der Waals surface area contributed by atoms with Gasteiger partial charge in [-0.25, -0.2) is 8.42 Å². The highest BCUT2D eigenvalue weighted by atomic mass is 32.2. The Labute approximate surface area is 112 Å². The van der Waals surface area contributed by atoms with Crippen LogP contribution in [0.15, 0.2) is 18.2 Å². The van der Waals surface area contributed by atoms with Crippen molar-refractivity contribution in [2.75, 3.05) is 12.8 Å². The van der Waals surface area contributed by atoms with Crippen molar-refractivity contribution < 1.29 is 23.4 Å². The van der Waals surface area contributed by atoms with Gasteiger partial charge in [0, 0.05) is 18.9 Å². The Morgan fingerprint density at radius 2 is 1.89 bits per heavy atom. The summed E-state index contributed by atoms with van der Waals surface area (Å²) >= 11 is 0. The number of rotatable bonds is 4. The molecule has 0 aliphatic carbocycles. The van der Waals surface area contributed by atoms with Gasteiger partial charge in [0.15, 0.2) is 9.84 Å². The maximum absolute atomic E-state index is 11.8. The second-order valence-electron chi connectivity index (χ2n) is 4.92. The minimum Gasteiger partial charge on any atom is -0.508 e. The number of carbonyl (C=O) groups is 1. The van der Waals surface area contributed by atoms with Crippen molar-refractivity contribution in [3.8, 4) is 11.5 Å². The van der Waals surface area contributed by atoms with E-state index in [1.54, 1.807) is 0 Å². The normalized spacial score (nSPS) is 12.2. The maximum Gasteiger partial charge on any atom is 0.255 e. The lowest BCUT2D eigenvalue weighted by molar-refractivity contribution is 0.0948. The fourth-order valence-electron chi connectivity index (χ4n) is 1.23. The van der Waals surface area contributed by atoms with Crippen LogP contribution in [0.3, 0.4) is 0 Å². The molecule has 0 aromatic heterocycles. The zero-order chi connectivity index (χ0) is 14.8. The average Bonchev–Trinajstić information content (AvgIpc) is 2.24. The Kier molecular flexibility index (Phi) is 4.09. The fourth-order valence-corrected chi connectivity index (χ4v) is 1.57. The van der Waals surface area contributed by atoms with E-state index in [1.807, 2.05) is 0 Å². The van der Waals surface area contributed by atoms with Crippen molar-refractivity contribution in [2.45, 2.75) is 18.6 Å². The van der Waals surface area contributed by atoms with Gasteiger partial charge < -0.3 is 15.5 Å². The molecule has 1 amide bonds. The topological polar surface area (TPSA) is 104 Å². The zero-order valence-electron chi connectivity index (χ0n) is 11.0. The number of nitrogens with one attached hydrogen (secondary N) is 1. The number of hydrogen-bond donors (Lipinski definition) is 3. The van der Waals surface area contributed by atoms with E-state index in [0.717, 1.165) is 12.3 Å². The third-order valence-electron chi connectivity index (χ3n) is 2.90. The minimum atomic E-state index is -3.31. The lowest BCUT2D eigenvalue weighted by Crippen LogP contribution is -2.43. The molecule has 3 N–H and O–H groups in total. The highest BCUT2D eigenvalue weighted by Crippen LogP contribution is 2.22. The van der Waals surface area contributed by atoms with Gasteiger partial charge in [0.25, 0.3) is 5.91 Å². The Morgan fingerprint density at radius 1 is 1.32 bits per heavy atom. The van der Waals surface area contributed by atoms with Crippen LogP contribution in [-0.4, -0.2) is 42.1 Å². The SMILES string of the molecule is CC(C)(CNC(=O)c1ccc(O)cc1O)S(C)(=O)=O. The second-order valence-corrected chi connectivity index (χ2v) is 7.57. The number of amides is 1. The van der Waals surface area contributed by atoms with Crippen LogP contribution in [0.2, 0.25) is 0 Å². The number of hydrogen-bond acceptors (Lipinski definition) is 5. The predicted molar refractivity (Wildman–Crippen MR) is 71.0 cm³/mol. The number of phenols is 2. The van der Waals surface area contributed by atoms with Gasteiger partial charge in [-0.3, -0.25) is 4.79 Å². The molecule has 1 aromatic carbocycles. The predicted octanol–water partition coefficient (Wildman–Crippen LogP) is 0.651. The molecule has 0 atom stereocenters. The molecule has 1 aromatic rings. The summed E-state index contributed by atoms with van der Waals surface area (Å²) in [5, 5.41) is 21.1. The molecule has 0 saturated carbocycles. The Morgan fingerprint density at radius 3 is 2.37 bits per heavy atom. The number of sulfone groups is 1. The fraction of sp³-hybridized carbons (Fsp3) is 0.417. The summed E-state index contributed by atoms with van der Waals surface area (Å²) in [4.78, 5) is 11.8. The summed E-state index contributed by atoms with van der Waals surface area (Å²) in [6, 6.07) is 3.56. The van der Waals surface area contributed by atoms with Crippen LogP contribution in [0.1, 0.15) is 24.2 Å². The number of aromatic hydroxyl groups is 2. The molecule has 0 bridgehead atoms. The smallest absolute Gasteiger partial charge is 0.255 e. The first-order chi connectivity index (χ1) is 8.54. The van der Waals surface area contributed by atoms with E-state index < -0.39 is 20.5 Å². The molecular formula is C12H17NO5S. The second kappa shape index (κ2) is 5.08. The van der Waals surface area contributed by atoms with Crippen LogP contribution in [0.4, 0.5) is 0 Å². The van der Waals surface area contributed by atoms with Gasteiger partial charge in [0.05, 0.1) is 10.3 Å². The molecule has 0 fully saturated rings. The van der Waals surface area contributed by atoms with Gasteiger partial charge in [0.1, 0.15) is 11.5 Å². The van der Waals surface area contributed by atoms with E-state index in [4.69, 9.17) is 5.11 Å². The molecule has 0 heterocycles. The largest absolute Gasteiger partial charge is 0.508 e. The highest BCUT2D eigenvalue weighted by molar-refractivity contribution is 7.92. The lowest BCUT2D eigenvalue weighted by Gasteiger charge is -2.22. The molecule has 6 nitrogen and oxygen atoms in total. The molecule has 7 heteroatoms. The van der Waals surface area contributed by atoms with Gasteiger partial charge in [0.2, 0.25) is 0 Å². The van der Waals surface area contributed by atoms with Gasteiger partial charge in [-0.2, -0.15) is 0 Å². The Hall–Kier alpha value is -1.76. The van der Waals surface area contributed by atoms with E-state index in [-0.39, 0.29) is 23.6 Å². The van der Waals surface area contributed by atoms with E-state index >= 15 is 0 Å². The summed E-state index contributed by atoms with van der Waals surface area (Å²) < 4.78 is 21.9. The summed E-state index contributed by atoms with van der Waals surface area (Å²) in [6.07, 6.45) is 1.09. The van der Waals surface area contributed by atoms with Crippen LogP contribution >= 0.6 is 0 Å². The van der Waals surface area contributed by atoms with Crippen molar-refractivity contribution in [3.63, 3.8) is 0 Å². The van der Waals surface area contributed by atoms with Crippen LogP contribution in [-0.2, 0) is 9.84 Å². The molecule has 0 radical (unpaired) electrons. The first kappa shape index (κ1) is 15.3. The molecule has 0 saturated heterocycles. The van der Waals surface area contributed by atoms with Crippen LogP contribution in [0.25, 0.3) is 0 Å². The standard InChI is InChI=1S/C12H17NO5S/c1-12(2,19(3,17)18)7-13-11(16)9-5-4-8(14)6-10(9)15/h4-6,14-15H,7H2,1-3H3,(H,13,16). The van der Waals surface area contributed by atoms with Gasteiger partial charge in [-0.05, 0) is 26.0 Å². The molecule has 0 aliphatic rings. The zero-order valence-corrected chi connectivity index (χ0v) is 11.8. The molecule has 0 unspecified atom stereocenters. The molecule has 0 aliphatic heterocycles. The minimum absolute atomic E-state index is 0.0258. The monoisotopic (exact) mass is 287 g/mol. The van der Waals surface area contributed by atoms with Gasteiger partial charge in [-0.1, -0.05) is 0 Å². The third kappa shape index (κ3) is 3.60. The highest BCUT2D eigenvalue weighted by Gasteiger charge is 2.30. The number of benzene rings is 1. The van der Waals surface area contributed by atoms with Crippen molar-refractivity contribution in [3.05, 3.63) is 23.8 Å². The van der Waals surface area contributed by atoms with Crippen molar-refractivity contribution in [1.82, 2.24) is 5.32 Å². The summed E-state index contributed by atoms with van der Waals surface area (Å²) in [5.74, 6) is -1.13. The van der Waals surface area contributed by atoms with Crippen LogP contribution < -0.4 is 5.32 Å². The Bertz CT molecular complexity index is 592. The maximum atomic E-state index is 11.8. The molecule has 19 heavy (non-hydrogen) atoms. The quantitative estimate of drug-likeness (QED) is 0.754. The van der Waals surface area contributed by atoms with Crippen molar-refractivity contribution >= 4 is 15.7 Å². The van der Waals surface area contributed by atoms with Crippen LogP contribution in [0.5, 0.6) is 11.5 Å². The number of phenolic OH excluding ortho intramolecular Hbond substituents is 2. The van der Waals surface area contributed by atoms with Gasteiger partial charge >= 0.3 is 0 Å². The molecule has 106 valence electrons. The molecular weight excluding hydrogens is 270 g/mol. The van der Waals surface area contributed by atoms with E-state index in [2.05, 4.69) is 5.32 Å². The van der Waals surface area contributed by atoms with Crippen molar-refractivity contribution in [1.29, 1.82) is 0 Å². The average molecular weight is 287 g/mol. The van der Waals surface area contributed by atoms with E-state index in [0.29, 0.717) is 0 Å². The first-order valence-electron chi connectivity index (χ1n) is 5.54. The lowest BCUT2D eigenvalue weighted by atomic mass is 10.1. The summed E-state index contributed by atoms with van der Waals surface area (Å²) in [7, 11) is -3.31. The third-order valence-corrected chi connectivity index (χ3v) is 5.06. The van der Waals surface area contributed by atoms with E-state index in [1.165, 1.54) is 26.0 Å². The van der Waals surface area contributed by atoms with E-state index in [9.17, 15) is 18.3 Å². The first-order valence-corrected chi connectivity index (χ1v) is 7.43. The van der Waals surface area contributed by atoms with Crippen LogP contribution in [0, 0.1) is 0 Å². The summed E-state index contributed by atoms with van der Waals surface area (Å²) in [6.45, 7) is 2.92. The number of carbonyl (C=O) groups excluding carboxylic acids is 1.